The van der Waals surface area contributed by atoms with E-state index in [1.807, 2.05) is 0 Å². The Kier molecular flexibility index (Phi) is 60.3. The lowest BCUT2D eigenvalue weighted by Gasteiger charge is -2.18. The van der Waals surface area contributed by atoms with Gasteiger partial charge in [-0.3, -0.25) is 14.4 Å². The lowest BCUT2D eigenvalue weighted by atomic mass is 10.0. The summed E-state index contributed by atoms with van der Waals surface area (Å²) in [6, 6.07) is 0. The van der Waals surface area contributed by atoms with Crippen molar-refractivity contribution in [3.8, 4) is 0 Å². The highest BCUT2D eigenvalue weighted by atomic mass is 16.6. The maximum absolute atomic E-state index is 12.9. The molecule has 0 saturated carbocycles. The van der Waals surface area contributed by atoms with E-state index in [1.165, 1.54) is 167 Å². The van der Waals surface area contributed by atoms with Crippen molar-refractivity contribution in [2.45, 2.75) is 322 Å². The van der Waals surface area contributed by atoms with Gasteiger partial charge in [-0.1, -0.05) is 286 Å². The second kappa shape index (κ2) is 63.1. The van der Waals surface area contributed by atoms with Gasteiger partial charge >= 0.3 is 17.9 Å². The van der Waals surface area contributed by atoms with Gasteiger partial charge in [0.15, 0.2) is 6.10 Å². The Morgan fingerprint density at radius 1 is 0.280 bits per heavy atom. The van der Waals surface area contributed by atoms with Crippen LogP contribution in [0.5, 0.6) is 0 Å². The molecular formula is C69H120O6. The molecule has 0 rings (SSSR count). The summed E-state index contributed by atoms with van der Waals surface area (Å²) in [7, 11) is 0. The van der Waals surface area contributed by atoms with Gasteiger partial charge in [0.1, 0.15) is 13.2 Å². The van der Waals surface area contributed by atoms with Gasteiger partial charge in [-0.05, 0) is 96.3 Å². The van der Waals surface area contributed by atoms with Gasteiger partial charge in [-0.2, -0.15) is 0 Å². The molecule has 0 heterocycles. The molecule has 0 aliphatic rings. The van der Waals surface area contributed by atoms with Crippen LogP contribution in [0, 0.1) is 0 Å². The first-order valence-electron chi connectivity index (χ1n) is 32.1. The van der Waals surface area contributed by atoms with Crippen LogP contribution in [0.4, 0.5) is 0 Å². The van der Waals surface area contributed by atoms with E-state index >= 15 is 0 Å². The topological polar surface area (TPSA) is 78.9 Å². The second-order valence-corrected chi connectivity index (χ2v) is 21.3. The van der Waals surface area contributed by atoms with Crippen LogP contribution in [0.15, 0.2) is 85.1 Å². The molecule has 1 atom stereocenters. The van der Waals surface area contributed by atoms with Gasteiger partial charge in [0.25, 0.3) is 0 Å². The molecule has 6 nitrogen and oxygen atoms in total. The van der Waals surface area contributed by atoms with E-state index in [4.69, 9.17) is 14.2 Å². The van der Waals surface area contributed by atoms with Crippen LogP contribution in [0.3, 0.4) is 0 Å². The minimum Gasteiger partial charge on any atom is -0.462 e. The number of allylic oxidation sites excluding steroid dienone is 14. The monoisotopic (exact) mass is 1040 g/mol. The summed E-state index contributed by atoms with van der Waals surface area (Å²) in [5, 5.41) is 0. The third-order valence-electron chi connectivity index (χ3n) is 13.9. The zero-order valence-corrected chi connectivity index (χ0v) is 49.6. The Morgan fingerprint density at radius 3 is 0.827 bits per heavy atom. The van der Waals surface area contributed by atoms with E-state index in [-0.39, 0.29) is 31.1 Å². The zero-order chi connectivity index (χ0) is 54.3. The van der Waals surface area contributed by atoms with Crippen molar-refractivity contribution in [2.75, 3.05) is 13.2 Å². The molecule has 0 aromatic rings. The fourth-order valence-electron chi connectivity index (χ4n) is 9.09. The van der Waals surface area contributed by atoms with E-state index in [2.05, 4.69) is 106 Å². The van der Waals surface area contributed by atoms with Crippen molar-refractivity contribution in [1.82, 2.24) is 0 Å². The first-order valence-corrected chi connectivity index (χ1v) is 32.1. The minimum atomic E-state index is -0.785. The van der Waals surface area contributed by atoms with Gasteiger partial charge in [0.05, 0.1) is 0 Å². The third kappa shape index (κ3) is 61.3. The molecule has 0 bridgehead atoms. The number of hydrogen-bond donors (Lipinski definition) is 0. The SMILES string of the molecule is CC/C=C\C/C=C\C/C=C\C/C=C\C/C=C\C/C=C\CCCCCCCCC(=O)OCC(COC(=O)CCCCCCCCCCCCCCCC)OC(=O)CCCCCCCCC/C=C\CCCCCCCCC. The summed E-state index contributed by atoms with van der Waals surface area (Å²) in [6.07, 6.45) is 82.9. The van der Waals surface area contributed by atoms with Crippen LogP contribution >= 0.6 is 0 Å². The molecular weight excluding hydrogens is 925 g/mol. The van der Waals surface area contributed by atoms with Crippen LogP contribution < -0.4 is 0 Å². The maximum Gasteiger partial charge on any atom is 0.306 e. The van der Waals surface area contributed by atoms with E-state index in [1.54, 1.807) is 0 Å². The van der Waals surface area contributed by atoms with Crippen LogP contribution in [0.2, 0.25) is 0 Å². The summed E-state index contributed by atoms with van der Waals surface area (Å²) in [4.78, 5) is 38.3. The van der Waals surface area contributed by atoms with Crippen LogP contribution in [-0.2, 0) is 28.6 Å². The lowest BCUT2D eigenvalue weighted by Crippen LogP contribution is -2.30. The highest BCUT2D eigenvalue weighted by Gasteiger charge is 2.19. The summed E-state index contributed by atoms with van der Waals surface area (Å²) in [5.41, 5.74) is 0. The van der Waals surface area contributed by atoms with Crippen molar-refractivity contribution in [1.29, 1.82) is 0 Å². The highest BCUT2D eigenvalue weighted by molar-refractivity contribution is 5.71. The van der Waals surface area contributed by atoms with Crippen molar-refractivity contribution in [3.63, 3.8) is 0 Å². The van der Waals surface area contributed by atoms with Crippen LogP contribution in [-0.4, -0.2) is 37.2 Å². The van der Waals surface area contributed by atoms with Gasteiger partial charge in [-0.15, -0.1) is 0 Å². The Hall–Kier alpha value is -3.41. The van der Waals surface area contributed by atoms with Crippen LogP contribution in [0.1, 0.15) is 316 Å². The second-order valence-electron chi connectivity index (χ2n) is 21.3. The zero-order valence-electron chi connectivity index (χ0n) is 49.6. The van der Waals surface area contributed by atoms with Crippen molar-refractivity contribution < 1.29 is 28.6 Å². The molecule has 0 N–H and O–H groups in total. The Bertz CT molecular complexity index is 1430. The predicted octanol–water partition coefficient (Wildman–Crippen LogP) is 21.9. The van der Waals surface area contributed by atoms with E-state index in [0.717, 1.165) is 109 Å². The average Bonchev–Trinajstić information content (AvgIpc) is 3.41. The van der Waals surface area contributed by atoms with Crippen LogP contribution in [0.25, 0.3) is 0 Å². The number of carbonyl (C=O) groups is 3. The number of carbonyl (C=O) groups excluding carboxylic acids is 3. The average molecular weight is 1050 g/mol. The lowest BCUT2D eigenvalue weighted by molar-refractivity contribution is -0.167. The van der Waals surface area contributed by atoms with Crippen molar-refractivity contribution in [2.24, 2.45) is 0 Å². The molecule has 0 fully saturated rings. The number of unbranched alkanes of at least 4 members (excludes halogenated alkanes) is 33. The maximum atomic E-state index is 12.9. The normalized spacial score (nSPS) is 12.6. The molecule has 0 saturated heterocycles. The summed E-state index contributed by atoms with van der Waals surface area (Å²) < 4.78 is 16.9. The molecule has 1 unspecified atom stereocenters. The third-order valence-corrected chi connectivity index (χ3v) is 13.9. The first kappa shape index (κ1) is 71.6. The summed E-state index contributed by atoms with van der Waals surface area (Å²) in [6.45, 7) is 6.54. The molecule has 0 spiro atoms. The highest BCUT2D eigenvalue weighted by Crippen LogP contribution is 2.16. The molecule has 0 aromatic heterocycles. The Labute approximate surface area is 465 Å². The fraction of sp³-hybridized carbons (Fsp3) is 0.754. The summed E-state index contributed by atoms with van der Waals surface area (Å²) >= 11 is 0. The van der Waals surface area contributed by atoms with Gasteiger partial charge in [0.2, 0.25) is 0 Å². The number of esters is 3. The first-order chi connectivity index (χ1) is 37.0. The molecule has 0 amide bonds. The largest absolute Gasteiger partial charge is 0.462 e. The summed E-state index contributed by atoms with van der Waals surface area (Å²) in [5.74, 6) is -0.886. The predicted molar refractivity (Wildman–Crippen MR) is 325 cm³/mol. The van der Waals surface area contributed by atoms with Gasteiger partial charge < -0.3 is 14.2 Å². The number of ether oxygens (including phenoxy) is 3. The van der Waals surface area contributed by atoms with E-state index in [0.29, 0.717) is 19.3 Å². The standard InChI is InChI=1S/C69H120O6/c1-4-7-10-13-16-19-22-25-28-30-32-33-34-35-36-37-38-40-41-44-47-50-53-56-59-62-68(71)74-65-66(64-73-67(70)61-58-55-52-49-46-43-27-24-21-18-15-12-9-6-3)75-69(72)63-60-57-54-51-48-45-42-39-31-29-26-23-20-17-14-11-8-5-2/h7,10,16,19,25,28-29,31-33,35-36,38,40,66H,4-6,8-9,11-15,17-18,20-24,26-27,30,34,37,39,41-65H2,1-3H3/b10-7-,19-16-,28-25-,31-29-,33-32-,36-35-,40-38-. The van der Waals surface area contributed by atoms with E-state index in [9.17, 15) is 14.4 Å². The quantitative estimate of drug-likeness (QED) is 0.0261. The molecule has 75 heavy (non-hydrogen) atoms. The molecule has 6 heteroatoms. The smallest absolute Gasteiger partial charge is 0.306 e. The molecule has 432 valence electrons. The van der Waals surface area contributed by atoms with Gasteiger partial charge in [0, 0.05) is 19.3 Å². The molecule has 0 aliphatic heterocycles. The van der Waals surface area contributed by atoms with Gasteiger partial charge in [-0.25, -0.2) is 0 Å². The molecule has 0 aromatic carbocycles. The fourth-order valence-corrected chi connectivity index (χ4v) is 9.09. The van der Waals surface area contributed by atoms with E-state index < -0.39 is 6.10 Å². The van der Waals surface area contributed by atoms with Crippen molar-refractivity contribution >= 4 is 17.9 Å². The molecule has 0 aliphatic carbocycles. The number of rotatable bonds is 58. The number of hydrogen-bond acceptors (Lipinski definition) is 6. The van der Waals surface area contributed by atoms with Crippen molar-refractivity contribution in [3.05, 3.63) is 85.1 Å². The molecule has 0 radical (unpaired) electrons. The Morgan fingerprint density at radius 2 is 0.520 bits per heavy atom. The Balaban J connectivity index is 4.37. The minimum absolute atomic E-state index is 0.0800.